The molecule has 20 heavy (non-hydrogen) atoms. The van der Waals surface area contributed by atoms with Gasteiger partial charge in [-0.05, 0) is 12.1 Å². The number of nitrogens with two attached hydrogens (primary N) is 1. The van der Waals surface area contributed by atoms with Crippen LogP contribution in [0.3, 0.4) is 0 Å². The zero-order valence-electron chi connectivity index (χ0n) is 11.9. The molecule has 0 aromatic carbocycles. The topological polar surface area (TPSA) is 89.3 Å². The van der Waals surface area contributed by atoms with Crippen LogP contribution >= 0.6 is 0 Å². The van der Waals surface area contributed by atoms with Crippen LogP contribution in [0.1, 0.15) is 32.4 Å². The van der Waals surface area contributed by atoms with E-state index < -0.39 is 0 Å². The smallest absolute Gasteiger partial charge is 0.216 e. The van der Waals surface area contributed by atoms with E-state index in [1.165, 1.54) is 0 Å². The average Bonchev–Trinajstić information content (AvgIpc) is 2.86. The largest absolute Gasteiger partial charge is 0.443 e. The maximum Gasteiger partial charge on any atom is 0.216 e. The predicted molar refractivity (Wildman–Crippen MR) is 78.4 cm³/mol. The van der Waals surface area contributed by atoms with Gasteiger partial charge in [-0.25, -0.2) is 15.0 Å². The van der Waals surface area contributed by atoms with Gasteiger partial charge in [-0.3, -0.25) is 0 Å². The lowest BCUT2D eigenvalue weighted by molar-refractivity contribution is 0.383. The molecule has 0 spiro atoms. The Hall–Kier alpha value is -2.37. The van der Waals surface area contributed by atoms with Crippen LogP contribution < -0.4 is 11.1 Å². The summed E-state index contributed by atoms with van der Waals surface area (Å²) in [6.45, 7) is 6.49. The summed E-state index contributed by atoms with van der Waals surface area (Å²) in [5.74, 6) is 2.30. The molecular formula is C14H19N5O. The second-order valence-electron chi connectivity index (χ2n) is 5.41. The van der Waals surface area contributed by atoms with Crippen molar-refractivity contribution < 1.29 is 4.42 Å². The number of guanidine groups is 1. The van der Waals surface area contributed by atoms with Gasteiger partial charge in [0.25, 0.3) is 0 Å². The van der Waals surface area contributed by atoms with E-state index in [1.54, 1.807) is 12.4 Å². The first-order valence-corrected chi connectivity index (χ1v) is 6.38. The molecule has 6 heteroatoms. The minimum absolute atomic E-state index is 0.0628. The molecule has 2 heterocycles. The van der Waals surface area contributed by atoms with Crippen LogP contribution in [-0.4, -0.2) is 15.9 Å². The highest BCUT2D eigenvalue weighted by molar-refractivity contribution is 5.91. The summed E-state index contributed by atoms with van der Waals surface area (Å²) in [5, 5.41) is 2.90. The zero-order chi connectivity index (χ0) is 14.6. The van der Waals surface area contributed by atoms with Gasteiger partial charge >= 0.3 is 0 Å². The summed E-state index contributed by atoms with van der Waals surface area (Å²) < 4.78 is 5.63. The van der Waals surface area contributed by atoms with Gasteiger partial charge in [-0.15, -0.1) is 0 Å². The molecule has 0 amide bonds. The van der Waals surface area contributed by atoms with Crippen molar-refractivity contribution in [3.63, 3.8) is 0 Å². The summed E-state index contributed by atoms with van der Waals surface area (Å²) in [7, 11) is 0. The summed E-state index contributed by atoms with van der Waals surface area (Å²) in [5.41, 5.74) is 5.71. The van der Waals surface area contributed by atoms with Crippen LogP contribution in [-0.2, 0) is 12.0 Å². The van der Waals surface area contributed by atoms with Crippen LogP contribution in [0.2, 0.25) is 0 Å². The molecule has 0 aliphatic heterocycles. The van der Waals surface area contributed by atoms with E-state index in [-0.39, 0.29) is 11.4 Å². The number of pyridine rings is 1. The normalized spacial score (nSPS) is 12.4. The molecule has 2 aromatic heterocycles. The van der Waals surface area contributed by atoms with Gasteiger partial charge in [0, 0.05) is 11.6 Å². The van der Waals surface area contributed by atoms with E-state index in [2.05, 4.69) is 41.0 Å². The molecule has 0 saturated carbocycles. The highest BCUT2D eigenvalue weighted by Gasteiger charge is 2.18. The Bertz CT molecular complexity index is 583. The molecule has 0 fully saturated rings. The van der Waals surface area contributed by atoms with Crippen molar-refractivity contribution in [3.8, 4) is 0 Å². The van der Waals surface area contributed by atoms with Gasteiger partial charge in [-0.1, -0.05) is 26.8 Å². The maximum absolute atomic E-state index is 5.78. The molecule has 0 unspecified atom stereocenters. The lowest BCUT2D eigenvalue weighted by Gasteiger charge is -2.12. The second kappa shape index (κ2) is 5.73. The quantitative estimate of drug-likeness (QED) is 0.661. The SMILES string of the molecule is CC(C)(C)c1cnc(CN=C(N)Nc2ccccn2)o1. The first kappa shape index (κ1) is 14.0. The minimum atomic E-state index is -0.0628. The number of hydrogen-bond acceptors (Lipinski definition) is 4. The number of anilines is 1. The number of hydrogen-bond donors (Lipinski definition) is 2. The van der Waals surface area contributed by atoms with Crippen molar-refractivity contribution in [2.45, 2.75) is 32.7 Å². The third-order valence-electron chi connectivity index (χ3n) is 2.60. The summed E-state index contributed by atoms with van der Waals surface area (Å²) >= 11 is 0. The third kappa shape index (κ3) is 3.81. The molecule has 2 aromatic rings. The van der Waals surface area contributed by atoms with Crippen LogP contribution in [0.15, 0.2) is 40.0 Å². The van der Waals surface area contributed by atoms with Gasteiger partial charge in [0.1, 0.15) is 18.1 Å². The number of nitrogens with one attached hydrogen (secondary N) is 1. The van der Waals surface area contributed by atoms with E-state index in [4.69, 9.17) is 10.2 Å². The van der Waals surface area contributed by atoms with Crippen molar-refractivity contribution in [2.24, 2.45) is 10.7 Å². The van der Waals surface area contributed by atoms with Crippen molar-refractivity contribution in [3.05, 3.63) is 42.2 Å². The number of aliphatic imine (C=N–C) groups is 1. The van der Waals surface area contributed by atoms with Gasteiger partial charge in [-0.2, -0.15) is 0 Å². The fourth-order valence-electron chi connectivity index (χ4n) is 1.49. The van der Waals surface area contributed by atoms with Crippen LogP contribution in [0.4, 0.5) is 5.82 Å². The Morgan fingerprint density at radius 1 is 1.35 bits per heavy atom. The first-order valence-electron chi connectivity index (χ1n) is 6.38. The van der Waals surface area contributed by atoms with Crippen molar-refractivity contribution >= 4 is 11.8 Å². The summed E-state index contributed by atoms with van der Waals surface area (Å²) in [6.07, 6.45) is 3.41. The summed E-state index contributed by atoms with van der Waals surface area (Å²) in [6, 6.07) is 5.51. The molecule has 0 radical (unpaired) electrons. The standard InChI is InChI=1S/C14H19N5O/c1-14(2,3)10-8-17-12(20-10)9-18-13(15)19-11-6-4-5-7-16-11/h4-8H,9H2,1-3H3,(H3,15,16,18,19). The van der Waals surface area contributed by atoms with Crippen molar-refractivity contribution in [1.82, 2.24) is 9.97 Å². The highest BCUT2D eigenvalue weighted by atomic mass is 16.4. The Labute approximate surface area is 118 Å². The number of nitrogens with zero attached hydrogens (tertiary/aromatic N) is 3. The van der Waals surface area contributed by atoms with Crippen molar-refractivity contribution in [2.75, 3.05) is 5.32 Å². The average molecular weight is 273 g/mol. The molecule has 0 saturated heterocycles. The molecule has 6 nitrogen and oxygen atoms in total. The Balaban J connectivity index is 1.97. The monoisotopic (exact) mass is 273 g/mol. The third-order valence-corrected chi connectivity index (χ3v) is 2.60. The Kier molecular flexibility index (Phi) is 4.02. The fraction of sp³-hybridized carbons (Fsp3) is 0.357. The van der Waals surface area contributed by atoms with E-state index >= 15 is 0 Å². The molecule has 2 rings (SSSR count). The second-order valence-corrected chi connectivity index (χ2v) is 5.41. The van der Waals surface area contributed by atoms with Gasteiger partial charge in [0.2, 0.25) is 5.89 Å². The molecular weight excluding hydrogens is 254 g/mol. The first-order chi connectivity index (χ1) is 9.45. The number of oxazole rings is 1. The van der Waals surface area contributed by atoms with E-state index in [9.17, 15) is 0 Å². The van der Waals surface area contributed by atoms with Crippen LogP contribution in [0.5, 0.6) is 0 Å². The predicted octanol–water partition coefficient (Wildman–Crippen LogP) is 2.29. The van der Waals surface area contributed by atoms with E-state index in [1.807, 2.05) is 18.2 Å². The van der Waals surface area contributed by atoms with E-state index in [0.717, 1.165) is 5.76 Å². The molecule has 0 atom stereocenters. The van der Waals surface area contributed by atoms with Crippen LogP contribution in [0, 0.1) is 0 Å². The number of aromatic nitrogens is 2. The van der Waals surface area contributed by atoms with Crippen molar-refractivity contribution in [1.29, 1.82) is 0 Å². The number of rotatable bonds is 3. The molecule has 106 valence electrons. The van der Waals surface area contributed by atoms with Gasteiger partial charge in [0.15, 0.2) is 5.96 Å². The molecule has 0 aliphatic carbocycles. The lowest BCUT2D eigenvalue weighted by atomic mass is 9.94. The molecule has 3 N–H and O–H groups in total. The van der Waals surface area contributed by atoms with E-state index in [0.29, 0.717) is 18.3 Å². The zero-order valence-corrected chi connectivity index (χ0v) is 11.9. The Morgan fingerprint density at radius 3 is 2.75 bits per heavy atom. The molecule has 0 bridgehead atoms. The summed E-state index contributed by atoms with van der Waals surface area (Å²) in [4.78, 5) is 12.5. The van der Waals surface area contributed by atoms with Gasteiger partial charge < -0.3 is 15.5 Å². The fourth-order valence-corrected chi connectivity index (χ4v) is 1.49. The minimum Gasteiger partial charge on any atom is -0.443 e. The Morgan fingerprint density at radius 2 is 2.15 bits per heavy atom. The lowest BCUT2D eigenvalue weighted by Crippen LogP contribution is -2.23. The maximum atomic E-state index is 5.78. The highest BCUT2D eigenvalue weighted by Crippen LogP contribution is 2.22. The van der Waals surface area contributed by atoms with Gasteiger partial charge in [0.05, 0.1) is 6.20 Å². The molecule has 0 aliphatic rings. The van der Waals surface area contributed by atoms with Crippen LogP contribution in [0.25, 0.3) is 0 Å².